The van der Waals surface area contributed by atoms with Gasteiger partial charge in [-0.15, -0.1) is 0 Å². The molecule has 0 saturated heterocycles. The summed E-state index contributed by atoms with van der Waals surface area (Å²) >= 11 is 0. The molecule has 0 radical (unpaired) electrons. The number of carboxylic acid groups (broad SMARTS) is 1. The summed E-state index contributed by atoms with van der Waals surface area (Å²) in [5.74, 6) is -1.10. The molecule has 0 amide bonds. The zero-order valence-electron chi connectivity index (χ0n) is 8.49. The van der Waals surface area contributed by atoms with Gasteiger partial charge in [0.15, 0.2) is 0 Å². The van der Waals surface area contributed by atoms with Crippen molar-refractivity contribution in [3.8, 4) is 0 Å². The van der Waals surface area contributed by atoms with Crippen LogP contribution in [0.3, 0.4) is 0 Å². The highest BCUT2D eigenvalue weighted by Crippen LogP contribution is 2.32. The first-order valence-electron chi connectivity index (χ1n) is 4.75. The molecule has 0 fully saturated rings. The highest BCUT2D eigenvalue weighted by molar-refractivity contribution is 7.65. The fraction of sp³-hybridized carbons (Fsp3) is 0.364. The van der Waals surface area contributed by atoms with Crippen LogP contribution in [0, 0.1) is 0 Å². The molecule has 1 aromatic carbocycles. The van der Waals surface area contributed by atoms with E-state index in [1.54, 1.807) is 12.1 Å². The van der Waals surface area contributed by atoms with Crippen LogP contribution >= 0.6 is 7.92 Å². The Kier molecular flexibility index (Phi) is 4.09. The SMILES string of the molecule is CCP(CC)c1ccc(C(=O)[O-])cc1. The molecular weight excluding hydrogens is 195 g/mol. The number of carbonyl (C=O) groups excluding carboxylic acids is 1. The molecule has 0 unspecified atom stereocenters. The van der Waals surface area contributed by atoms with Crippen LogP contribution in [0.25, 0.3) is 0 Å². The topological polar surface area (TPSA) is 40.1 Å². The first-order chi connectivity index (χ1) is 6.69. The van der Waals surface area contributed by atoms with Crippen LogP contribution in [0.5, 0.6) is 0 Å². The van der Waals surface area contributed by atoms with Gasteiger partial charge in [0.05, 0.1) is 5.97 Å². The number of hydrogen-bond donors (Lipinski definition) is 0. The van der Waals surface area contributed by atoms with Crippen molar-refractivity contribution in [1.29, 1.82) is 0 Å². The minimum Gasteiger partial charge on any atom is -0.545 e. The number of hydrogen-bond acceptors (Lipinski definition) is 2. The van der Waals surface area contributed by atoms with Crippen LogP contribution in [-0.2, 0) is 0 Å². The number of carboxylic acids is 1. The monoisotopic (exact) mass is 209 g/mol. The van der Waals surface area contributed by atoms with Gasteiger partial charge in [0.2, 0.25) is 0 Å². The van der Waals surface area contributed by atoms with E-state index in [-0.39, 0.29) is 13.5 Å². The highest BCUT2D eigenvalue weighted by Gasteiger charge is 2.05. The maximum Gasteiger partial charge on any atom is 0.0715 e. The number of rotatable bonds is 4. The molecular formula is C11H14O2P-. The fourth-order valence-corrected chi connectivity index (χ4v) is 3.15. The molecule has 1 rings (SSSR count). The zero-order valence-corrected chi connectivity index (χ0v) is 9.38. The molecule has 0 N–H and O–H groups in total. The maximum absolute atomic E-state index is 10.5. The maximum atomic E-state index is 10.5. The van der Waals surface area contributed by atoms with E-state index in [0.717, 1.165) is 12.3 Å². The molecule has 0 aliphatic rings. The number of aromatic carboxylic acids is 1. The summed E-state index contributed by atoms with van der Waals surface area (Å²) in [6, 6.07) is 7.07. The minimum atomic E-state index is -1.10. The van der Waals surface area contributed by atoms with Gasteiger partial charge >= 0.3 is 0 Å². The van der Waals surface area contributed by atoms with Crippen LogP contribution in [0.2, 0.25) is 0 Å². The third-order valence-corrected chi connectivity index (χ3v) is 4.79. The molecule has 3 heteroatoms. The lowest BCUT2D eigenvalue weighted by Crippen LogP contribution is -2.22. The summed E-state index contributed by atoms with van der Waals surface area (Å²) < 4.78 is 0. The molecule has 0 aromatic heterocycles. The Labute approximate surface area is 85.7 Å². The van der Waals surface area contributed by atoms with E-state index in [4.69, 9.17) is 0 Å². The van der Waals surface area contributed by atoms with Gasteiger partial charge in [-0.3, -0.25) is 0 Å². The van der Waals surface area contributed by atoms with Crippen molar-refractivity contribution in [2.45, 2.75) is 13.8 Å². The Hall–Kier alpha value is -0.880. The van der Waals surface area contributed by atoms with Gasteiger partial charge in [-0.05, 0) is 23.2 Å². The second-order valence-corrected chi connectivity index (χ2v) is 5.87. The van der Waals surface area contributed by atoms with Gasteiger partial charge in [-0.25, -0.2) is 0 Å². The van der Waals surface area contributed by atoms with Gasteiger partial charge in [-0.1, -0.05) is 46.0 Å². The summed E-state index contributed by atoms with van der Waals surface area (Å²) in [6.45, 7) is 4.34. The standard InChI is InChI=1S/C11H15O2P/c1-3-14(4-2)10-7-5-9(6-8-10)11(12)13/h5-8H,3-4H2,1-2H3,(H,12,13)/p-1. The quantitative estimate of drug-likeness (QED) is 0.699. The Balaban J connectivity index is 2.87. The summed E-state index contributed by atoms with van der Waals surface area (Å²) in [6.07, 6.45) is 2.30. The highest BCUT2D eigenvalue weighted by atomic mass is 31.1. The van der Waals surface area contributed by atoms with Crippen molar-refractivity contribution in [2.75, 3.05) is 12.3 Å². The van der Waals surface area contributed by atoms with E-state index >= 15 is 0 Å². The lowest BCUT2D eigenvalue weighted by Gasteiger charge is -2.14. The second-order valence-electron chi connectivity index (χ2n) is 3.01. The van der Waals surface area contributed by atoms with Gasteiger partial charge in [0, 0.05) is 0 Å². The molecule has 0 aliphatic carbocycles. The van der Waals surface area contributed by atoms with Crippen LogP contribution in [0.15, 0.2) is 24.3 Å². The van der Waals surface area contributed by atoms with E-state index in [9.17, 15) is 9.90 Å². The van der Waals surface area contributed by atoms with Crippen molar-refractivity contribution >= 4 is 19.2 Å². The van der Waals surface area contributed by atoms with E-state index in [2.05, 4.69) is 13.8 Å². The van der Waals surface area contributed by atoms with Gasteiger partial charge in [0.25, 0.3) is 0 Å². The Morgan fingerprint density at radius 2 is 1.71 bits per heavy atom. The number of benzene rings is 1. The van der Waals surface area contributed by atoms with Crippen molar-refractivity contribution in [2.24, 2.45) is 0 Å². The molecule has 76 valence electrons. The average molecular weight is 209 g/mol. The molecule has 2 nitrogen and oxygen atoms in total. The lowest BCUT2D eigenvalue weighted by molar-refractivity contribution is -0.255. The molecule has 1 aromatic rings. The Morgan fingerprint density at radius 1 is 1.21 bits per heavy atom. The minimum absolute atomic E-state index is 0.0963. The van der Waals surface area contributed by atoms with E-state index in [1.165, 1.54) is 5.30 Å². The summed E-state index contributed by atoms with van der Waals surface area (Å²) in [5, 5.41) is 11.8. The van der Waals surface area contributed by atoms with Crippen molar-refractivity contribution in [3.63, 3.8) is 0 Å². The molecule has 0 aliphatic heterocycles. The summed E-state index contributed by atoms with van der Waals surface area (Å²) in [7, 11) is -0.0963. The first kappa shape index (κ1) is 11.2. The van der Waals surface area contributed by atoms with E-state index in [1.807, 2.05) is 12.1 Å². The van der Waals surface area contributed by atoms with Crippen molar-refractivity contribution in [3.05, 3.63) is 29.8 Å². The van der Waals surface area contributed by atoms with Gasteiger partial charge < -0.3 is 9.90 Å². The lowest BCUT2D eigenvalue weighted by atomic mass is 10.2. The van der Waals surface area contributed by atoms with Crippen LogP contribution in [0.1, 0.15) is 24.2 Å². The predicted octanol–water partition coefficient (Wildman–Crippen LogP) is 1.20. The largest absolute Gasteiger partial charge is 0.545 e. The van der Waals surface area contributed by atoms with Crippen LogP contribution < -0.4 is 10.4 Å². The van der Waals surface area contributed by atoms with Gasteiger partial charge in [-0.2, -0.15) is 0 Å². The normalized spacial score (nSPS) is 10.5. The Morgan fingerprint density at radius 3 is 2.07 bits per heavy atom. The third-order valence-electron chi connectivity index (χ3n) is 2.23. The molecule has 0 saturated carbocycles. The average Bonchev–Trinajstić information content (AvgIpc) is 2.20. The first-order valence-corrected chi connectivity index (χ1v) is 6.46. The molecule has 14 heavy (non-hydrogen) atoms. The predicted molar refractivity (Wildman–Crippen MR) is 58.4 cm³/mol. The summed E-state index contributed by atoms with van der Waals surface area (Å²) in [5.41, 5.74) is 0.260. The zero-order chi connectivity index (χ0) is 10.6. The van der Waals surface area contributed by atoms with Gasteiger partial charge in [0.1, 0.15) is 0 Å². The molecule has 0 spiro atoms. The number of carbonyl (C=O) groups is 1. The third kappa shape index (κ3) is 2.55. The second kappa shape index (κ2) is 5.11. The Bertz CT molecular complexity index is 302. The van der Waals surface area contributed by atoms with Crippen LogP contribution in [-0.4, -0.2) is 18.3 Å². The molecule has 0 atom stereocenters. The molecule has 0 bridgehead atoms. The smallest absolute Gasteiger partial charge is 0.0715 e. The van der Waals surface area contributed by atoms with Crippen molar-refractivity contribution < 1.29 is 9.90 Å². The molecule has 0 heterocycles. The summed E-state index contributed by atoms with van der Waals surface area (Å²) in [4.78, 5) is 10.5. The fourth-order valence-electron chi connectivity index (χ4n) is 1.40. The van der Waals surface area contributed by atoms with Crippen molar-refractivity contribution in [1.82, 2.24) is 0 Å². The van der Waals surface area contributed by atoms with E-state index < -0.39 is 5.97 Å². The van der Waals surface area contributed by atoms with E-state index in [0.29, 0.717) is 0 Å². The van der Waals surface area contributed by atoms with Crippen LogP contribution in [0.4, 0.5) is 0 Å².